The first-order valence-corrected chi connectivity index (χ1v) is 5.80. The van der Waals surface area contributed by atoms with Crippen LogP contribution < -0.4 is 5.32 Å². The molecule has 2 aromatic rings. The van der Waals surface area contributed by atoms with Crippen molar-refractivity contribution < 1.29 is 9.90 Å². The molecular formula is C13H15N3O2. The van der Waals surface area contributed by atoms with Crippen molar-refractivity contribution >= 4 is 11.7 Å². The highest BCUT2D eigenvalue weighted by Gasteiger charge is 2.00. The highest BCUT2D eigenvalue weighted by atomic mass is 16.4. The molecule has 0 saturated heterocycles. The summed E-state index contributed by atoms with van der Waals surface area (Å²) in [5, 5.41) is 16.1. The van der Waals surface area contributed by atoms with E-state index < -0.39 is 5.97 Å². The average Bonchev–Trinajstić information content (AvgIpc) is 2.88. The molecule has 0 bridgehead atoms. The molecule has 0 atom stereocenters. The predicted octanol–water partition coefficient (Wildman–Crippen LogP) is 2.08. The van der Waals surface area contributed by atoms with Gasteiger partial charge in [0.2, 0.25) is 0 Å². The van der Waals surface area contributed by atoms with E-state index in [1.807, 2.05) is 16.9 Å². The molecule has 0 radical (unpaired) electrons. The fraction of sp³-hybridized carbons (Fsp3) is 0.231. The molecule has 5 heteroatoms. The molecule has 94 valence electrons. The molecule has 0 unspecified atom stereocenters. The molecule has 1 heterocycles. The molecule has 0 saturated carbocycles. The molecule has 0 fully saturated rings. The van der Waals surface area contributed by atoms with Crippen molar-refractivity contribution in [3.8, 4) is 0 Å². The molecule has 18 heavy (non-hydrogen) atoms. The van der Waals surface area contributed by atoms with Crippen LogP contribution in [0.5, 0.6) is 0 Å². The molecule has 5 nitrogen and oxygen atoms in total. The summed E-state index contributed by atoms with van der Waals surface area (Å²) in [7, 11) is 0. The number of aromatic nitrogens is 2. The minimum Gasteiger partial charge on any atom is -0.478 e. The quantitative estimate of drug-likeness (QED) is 0.765. The number of nitrogens with one attached hydrogen (secondary N) is 1. The Morgan fingerprint density at radius 3 is 2.72 bits per heavy atom. The molecule has 1 aromatic heterocycles. The first-order chi connectivity index (χ1) is 8.75. The van der Waals surface area contributed by atoms with E-state index in [4.69, 9.17) is 5.11 Å². The fourth-order valence-corrected chi connectivity index (χ4v) is 1.64. The van der Waals surface area contributed by atoms with Gasteiger partial charge in [-0.15, -0.1) is 0 Å². The summed E-state index contributed by atoms with van der Waals surface area (Å²) in [6, 6.07) is 8.64. The fourth-order valence-electron chi connectivity index (χ4n) is 1.64. The third-order valence-corrected chi connectivity index (χ3v) is 2.58. The Hall–Kier alpha value is -2.30. The number of carboxylic acid groups (broad SMARTS) is 1. The topological polar surface area (TPSA) is 67.2 Å². The van der Waals surface area contributed by atoms with Gasteiger partial charge in [0.15, 0.2) is 0 Å². The smallest absolute Gasteiger partial charge is 0.335 e. The number of hydrogen-bond donors (Lipinski definition) is 2. The molecule has 0 aliphatic heterocycles. The summed E-state index contributed by atoms with van der Waals surface area (Å²) in [5.41, 5.74) is 1.23. The van der Waals surface area contributed by atoms with Crippen molar-refractivity contribution in [2.45, 2.75) is 13.0 Å². The minimum absolute atomic E-state index is 0.303. The van der Waals surface area contributed by atoms with E-state index in [-0.39, 0.29) is 0 Å². The van der Waals surface area contributed by atoms with Crippen LogP contribution in [0.3, 0.4) is 0 Å². The van der Waals surface area contributed by atoms with Gasteiger partial charge in [-0.05, 0) is 36.8 Å². The number of nitrogens with zero attached hydrogens (tertiary/aromatic N) is 2. The normalized spacial score (nSPS) is 10.2. The number of benzene rings is 1. The second kappa shape index (κ2) is 5.86. The van der Waals surface area contributed by atoms with E-state index in [1.165, 1.54) is 0 Å². The Kier molecular flexibility index (Phi) is 3.96. The molecule has 0 amide bonds. The van der Waals surface area contributed by atoms with Gasteiger partial charge in [0.25, 0.3) is 0 Å². The second-order valence-corrected chi connectivity index (χ2v) is 3.93. The number of aromatic carboxylic acids is 1. The van der Waals surface area contributed by atoms with Crippen LogP contribution >= 0.6 is 0 Å². The average molecular weight is 245 g/mol. The van der Waals surface area contributed by atoms with E-state index in [1.54, 1.807) is 30.5 Å². The third-order valence-electron chi connectivity index (χ3n) is 2.58. The van der Waals surface area contributed by atoms with Gasteiger partial charge in [-0.1, -0.05) is 0 Å². The van der Waals surface area contributed by atoms with Crippen LogP contribution in [0.2, 0.25) is 0 Å². The Balaban J connectivity index is 1.75. The summed E-state index contributed by atoms with van der Waals surface area (Å²) in [6.07, 6.45) is 4.65. The first kappa shape index (κ1) is 12.2. The van der Waals surface area contributed by atoms with Gasteiger partial charge in [0, 0.05) is 31.2 Å². The van der Waals surface area contributed by atoms with E-state index in [9.17, 15) is 4.79 Å². The largest absolute Gasteiger partial charge is 0.478 e. The molecule has 0 aliphatic carbocycles. The highest BCUT2D eigenvalue weighted by Crippen LogP contribution is 2.09. The number of anilines is 1. The highest BCUT2D eigenvalue weighted by molar-refractivity contribution is 5.87. The Bertz CT molecular complexity index is 491. The number of rotatable bonds is 6. The van der Waals surface area contributed by atoms with Crippen LogP contribution in [0.25, 0.3) is 0 Å². The Morgan fingerprint density at radius 2 is 2.11 bits per heavy atom. The molecule has 0 aliphatic rings. The maximum absolute atomic E-state index is 10.7. The Morgan fingerprint density at radius 1 is 1.33 bits per heavy atom. The van der Waals surface area contributed by atoms with E-state index in [0.29, 0.717) is 5.56 Å². The number of carbonyl (C=O) groups is 1. The van der Waals surface area contributed by atoms with Gasteiger partial charge in [0.1, 0.15) is 0 Å². The third kappa shape index (κ3) is 3.35. The van der Waals surface area contributed by atoms with Crippen LogP contribution in [0.1, 0.15) is 16.8 Å². The van der Waals surface area contributed by atoms with Crippen molar-refractivity contribution in [1.29, 1.82) is 0 Å². The molecule has 2 rings (SSSR count). The van der Waals surface area contributed by atoms with Crippen LogP contribution in [0, 0.1) is 0 Å². The van der Waals surface area contributed by atoms with Gasteiger partial charge < -0.3 is 10.4 Å². The number of aryl methyl sites for hydroxylation is 1. The summed E-state index contributed by atoms with van der Waals surface area (Å²) >= 11 is 0. The summed E-state index contributed by atoms with van der Waals surface area (Å²) in [4.78, 5) is 10.7. The van der Waals surface area contributed by atoms with Gasteiger partial charge in [-0.3, -0.25) is 4.68 Å². The molecule has 1 aromatic carbocycles. The van der Waals surface area contributed by atoms with Crippen LogP contribution in [-0.4, -0.2) is 27.4 Å². The first-order valence-electron chi connectivity index (χ1n) is 5.80. The van der Waals surface area contributed by atoms with Crippen molar-refractivity contribution in [2.75, 3.05) is 11.9 Å². The van der Waals surface area contributed by atoms with E-state index in [2.05, 4.69) is 10.4 Å². The molecule has 2 N–H and O–H groups in total. The lowest BCUT2D eigenvalue weighted by Gasteiger charge is -2.06. The minimum atomic E-state index is -0.903. The molecular weight excluding hydrogens is 230 g/mol. The van der Waals surface area contributed by atoms with Crippen molar-refractivity contribution in [1.82, 2.24) is 9.78 Å². The number of hydrogen-bond acceptors (Lipinski definition) is 3. The standard InChI is InChI=1S/C13H15N3O2/c17-13(18)11-3-5-12(6-4-11)14-7-1-9-16-10-2-8-15-16/h2-6,8,10,14H,1,7,9H2,(H,17,18). The monoisotopic (exact) mass is 245 g/mol. The zero-order valence-corrected chi connectivity index (χ0v) is 9.91. The van der Waals surface area contributed by atoms with Crippen molar-refractivity contribution in [2.24, 2.45) is 0 Å². The summed E-state index contributed by atoms with van der Waals surface area (Å²) in [5.74, 6) is -0.903. The lowest BCUT2D eigenvalue weighted by Crippen LogP contribution is -2.07. The zero-order valence-electron chi connectivity index (χ0n) is 9.91. The lowest BCUT2D eigenvalue weighted by molar-refractivity contribution is 0.0697. The van der Waals surface area contributed by atoms with Crippen molar-refractivity contribution in [3.63, 3.8) is 0 Å². The lowest BCUT2D eigenvalue weighted by atomic mass is 10.2. The van der Waals surface area contributed by atoms with Gasteiger partial charge in [-0.25, -0.2) is 4.79 Å². The van der Waals surface area contributed by atoms with Crippen molar-refractivity contribution in [3.05, 3.63) is 48.3 Å². The van der Waals surface area contributed by atoms with Gasteiger partial charge >= 0.3 is 5.97 Å². The predicted molar refractivity (Wildman–Crippen MR) is 68.7 cm³/mol. The SMILES string of the molecule is O=C(O)c1ccc(NCCCn2cccn2)cc1. The van der Waals surface area contributed by atoms with Crippen LogP contribution in [-0.2, 0) is 6.54 Å². The Labute approximate surface area is 105 Å². The maximum Gasteiger partial charge on any atom is 0.335 e. The van der Waals surface area contributed by atoms with E-state index >= 15 is 0 Å². The zero-order chi connectivity index (χ0) is 12.8. The second-order valence-electron chi connectivity index (χ2n) is 3.93. The van der Waals surface area contributed by atoms with Crippen LogP contribution in [0.4, 0.5) is 5.69 Å². The van der Waals surface area contributed by atoms with Gasteiger partial charge in [-0.2, -0.15) is 5.10 Å². The summed E-state index contributed by atoms with van der Waals surface area (Å²) in [6.45, 7) is 1.69. The molecule has 0 spiro atoms. The summed E-state index contributed by atoms with van der Waals surface area (Å²) < 4.78 is 1.88. The number of carboxylic acids is 1. The van der Waals surface area contributed by atoms with E-state index in [0.717, 1.165) is 25.2 Å². The van der Waals surface area contributed by atoms with Gasteiger partial charge in [0.05, 0.1) is 5.56 Å². The maximum atomic E-state index is 10.7. The van der Waals surface area contributed by atoms with Crippen LogP contribution in [0.15, 0.2) is 42.7 Å².